The van der Waals surface area contributed by atoms with Crippen molar-refractivity contribution in [2.75, 3.05) is 52.5 Å². The number of nitrogens with zero attached hydrogens (tertiary/aromatic N) is 1. The zero-order chi connectivity index (χ0) is 17.3. The largest absolute Gasteiger partial charge is 0.492 e. The molecule has 0 spiro atoms. The maximum atomic E-state index is 11.9. The first-order chi connectivity index (χ1) is 12.3. The molecule has 2 N–H and O–H groups in total. The standard InChI is InChI=1S/C19H29N3O3.2ClH/c23-19(15-20-13-16-5-6-16)21-14-17-3-1-2-4-18(17)25-12-9-22-7-10-24-11-8-22;;/h1-4,16,20H,5-15H2,(H,21,23);2*1H. The van der Waals surface area contributed by atoms with Crippen LogP contribution in [0, 0.1) is 5.92 Å². The van der Waals surface area contributed by atoms with Gasteiger partial charge in [-0.05, 0) is 31.4 Å². The van der Waals surface area contributed by atoms with Crippen molar-refractivity contribution >= 4 is 30.7 Å². The molecule has 154 valence electrons. The van der Waals surface area contributed by atoms with Crippen LogP contribution in [0.25, 0.3) is 0 Å². The summed E-state index contributed by atoms with van der Waals surface area (Å²) in [6, 6.07) is 7.91. The predicted octanol–water partition coefficient (Wildman–Crippen LogP) is 1.86. The first kappa shape index (κ1) is 24.0. The molecule has 1 aromatic rings. The highest BCUT2D eigenvalue weighted by atomic mass is 35.5. The SMILES string of the molecule is Cl.Cl.O=C(CNCC1CC1)NCc1ccccc1OCCN1CCOCC1. The molecule has 2 fully saturated rings. The van der Waals surface area contributed by atoms with Crippen molar-refractivity contribution in [1.29, 1.82) is 0 Å². The molecule has 0 unspecified atom stereocenters. The van der Waals surface area contributed by atoms with E-state index < -0.39 is 0 Å². The summed E-state index contributed by atoms with van der Waals surface area (Å²) in [6.45, 7) is 6.92. The topological polar surface area (TPSA) is 62.8 Å². The van der Waals surface area contributed by atoms with Gasteiger partial charge in [0.15, 0.2) is 0 Å². The second-order valence-corrected chi connectivity index (χ2v) is 6.76. The van der Waals surface area contributed by atoms with Gasteiger partial charge in [-0.1, -0.05) is 18.2 Å². The molecule has 0 radical (unpaired) electrons. The number of rotatable bonds is 10. The number of nitrogens with one attached hydrogen (secondary N) is 2. The quantitative estimate of drug-likeness (QED) is 0.605. The second-order valence-electron chi connectivity index (χ2n) is 6.76. The highest BCUT2D eigenvalue weighted by molar-refractivity contribution is 5.85. The minimum absolute atomic E-state index is 0. The molecular formula is C19H31Cl2N3O3. The summed E-state index contributed by atoms with van der Waals surface area (Å²) in [5.74, 6) is 1.67. The number of hydrogen-bond donors (Lipinski definition) is 2. The molecule has 2 aliphatic rings. The maximum Gasteiger partial charge on any atom is 0.234 e. The Labute approximate surface area is 174 Å². The third-order valence-corrected chi connectivity index (χ3v) is 4.63. The monoisotopic (exact) mass is 419 g/mol. The normalized spacial score (nSPS) is 16.7. The van der Waals surface area contributed by atoms with Gasteiger partial charge in [-0.3, -0.25) is 9.69 Å². The van der Waals surface area contributed by atoms with Crippen LogP contribution in [-0.2, 0) is 16.1 Å². The first-order valence-corrected chi connectivity index (χ1v) is 9.29. The molecule has 27 heavy (non-hydrogen) atoms. The summed E-state index contributed by atoms with van der Waals surface area (Å²) in [4.78, 5) is 14.3. The number of benzene rings is 1. The van der Waals surface area contributed by atoms with Crippen LogP contribution in [-0.4, -0.2) is 63.4 Å². The van der Waals surface area contributed by atoms with Crippen molar-refractivity contribution < 1.29 is 14.3 Å². The fourth-order valence-electron chi connectivity index (χ4n) is 2.87. The van der Waals surface area contributed by atoms with E-state index >= 15 is 0 Å². The maximum absolute atomic E-state index is 11.9. The van der Waals surface area contributed by atoms with Gasteiger partial charge in [0.1, 0.15) is 12.4 Å². The predicted molar refractivity (Wildman–Crippen MR) is 111 cm³/mol. The van der Waals surface area contributed by atoms with Crippen LogP contribution in [0.5, 0.6) is 5.75 Å². The lowest BCUT2D eigenvalue weighted by molar-refractivity contribution is -0.120. The van der Waals surface area contributed by atoms with Crippen LogP contribution in [0.15, 0.2) is 24.3 Å². The summed E-state index contributed by atoms with van der Waals surface area (Å²) in [7, 11) is 0. The van der Waals surface area contributed by atoms with Crippen LogP contribution in [0.1, 0.15) is 18.4 Å². The van der Waals surface area contributed by atoms with E-state index in [1.54, 1.807) is 0 Å². The Morgan fingerprint density at radius 1 is 1.19 bits per heavy atom. The smallest absolute Gasteiger partial charge is 0.234 e. The molecule has 1 aliphatic carbocycles. The van der Waals surface area contributed by atoms with E-state index in [0.717, 1.165) is 56.6 Å². The molecule has 0 aromatic heterocycles. The van der Waals surface area contributed by atoms with Crippen molar-refractivity contribution in [3.8, 4) is 5.75 Å². The van der Waals surface area contributed by atoms with Gasteiger partial charge in [-0.25, -0.2) is 0 Å². The van der Waals surface area contributed by atoms with Gasteiger partial charge in [0.05, 0.1) is 19.8 Å². The zero-order valence-corrected chi connectivity index (χ0v) is 17.3. The van der Waals surface area contributed by atoms with Gasteiger partial charge in [0.2, 0.25) is 5.91 Å². The fourth-order valence-corrected chi connectivity index (χ4v) is 2.87. The highest BCUT2D eigenvalue weighted by Gasteiger charge is 2.20. The summed E-state index contributed by atoms with van der Waals surface area (Å²) in [6.07, 6.45) is 2.59. The summed E-state index contributed by atoms with van der Waals surface area (Å²) in [5, 5.41) is 6.17. The van der Waals surface area contributed by atoms with E-state index in [0.29, 0.717) is 19.7 Å². The number of para-hydroxylation sites is 1. The minimum Gasteiger partial charge on any atom is -0.492 e. The molecule has 1 saturated carbocycles. The summed E-state index contributed by atoms with van der Waals surface area (Å²) in [5.41, 5.74) is 1.01. The average Bonchev–Trinajstić information content (AvgIpc) is 3.46. The van der Waals surface area contributed by atoms with E-state index in [1.807, 2.05) is 24.3 Å². The number of carbonyl (C=O) groups is 1. The van der Waals surface area contributed by atoms with Crippen molar-refractivity contribution in [3.63, 3.8) is 0 Å². The fraction of sp³-hybridized carbons (Fsp3) is 0.632. The molecule has 0 bridgehead atoms. The van der Waals surface area contributed by atoms with Gasteiger partial charge in [-0.15, -0.1) is 24.8 Å². The highest BCUT2D eigenvalue weighted by Crippen LogP contribution is 2.27. The lowest BCUT2D eigenvalue weighted by atomic mass is 10.2. The van der Waals surface area contributed by atoms with Crippen molar-refractivity contribution in [3.05, 3.63) is 29.8 Å². The van der Waals surface area contributed by atoms with E-state index in [-0.39, 0.29) is 30.7 Å². The Bertz CT molecular complexity index is 553. The molecule has 1 amide bonds. The molecule has 1 heterocycles. The molecule has 0 atom stereocenters. The molecule has 6 nitrogen and oxygen atoms in total. The molecule has 3 rings (SSSR count). The Morgan fingerprint density at radius 2 is 1.93 bits per heavy atom. The van der Waals surface area contributed by atoms with Crippen LogP contribution in [0.3, 0.4) is 0 Å². The Balaban J connectivity index is 0.00000182. The average molecular weight is 420 g/mol. The molecule has 8 heteroatoms. The molecule has 1 saturated heterocycles. The third-order valence-electron chi connectivity index (χ3n) is 4.63. The van der Waals surface area contributed by atoms with Crippen molar-refractivity contribution in [2.45, 2.75) is 19.4 Å². The number of hydrogen-bond acceptors (Lipinski definition) is 5. The molecule has 1 aliphatic heterocycles. The van der Waals surface area contributed by atoms with E-state index in [1.165, 1.54) is 12.8 Å². The third kappa shape index (κ3) is 9.12. The lowest BCUT2D eigenvalue weighted by Gasteiger charge is -2.26. The van der Waals surface area contributed by atoms with Crippen LogP contribution in [0.4, 0.5) is 0 Å². The number of carbonyl (C=O) groups excluding carboxylic acids is 1. The van der Waals surface area contributed by atoms with Crippen molar-refractivity contribution in [1.82, 2.24) is 15.5 Å². The van der Waals surface area contributed by atoms with Crippen LogP contribution >= 0.6 is 24.8 Å². The Kier molecular flexibility index (Phi) is 11.7. The summed E-state index contributed by atoms with van der Waals surface area (Å²) < 4.78 is 11.3. The first-order valence-electron chi connectivity index (χ1n) is 9.29. The summed E-state index contributed by atoms with van der Waals surface area (Å²) >= 11 is 0. The van der Waals surface area contributed by atoms with E-state index in [2.05, 4.69) is 15.5 Å². The van der Waals surface area contributed by atoms with Crippen LogP contribution in [0.2, 0.25) is 0 Å². The van der Waals surface area contributed by atoms with Gasteiger partial charge in [0, 0.05) is 31.7 Å². The van der Waals surface area contributed by atoms with Gasteiger partial charge in [0.25, 0.3) is 0 Å². The van der Waals surface area contributed by atoms with Gasteiger partial charge >= 0.3 is 0 Å². The van der Waals surface area contributed by atoms with E-state index in [9.17, 15) is 4.79 Å². The number of morpholine rings is 1. The van der Waals surface area contributed by atoms with Gasteiger partial charge in [-0.2, -0.15) is 0 Å². The van der Waals surface area contributed by atoms with Crippen LogP contribution < -0.4 is 15.4 Å². The molecular weight excluding hydrogens is 389 g/mol. The van der Waals surface area contributed by atoms with Gasteiger partial charge < -0.3 is 20.1 Å². The second kappa shape index (κ2) is 13.2. The Hall–Kier alpha value is -1.05. The van der Waals surface area contributed by atoms with Crippen molar-refractivity contribution in [2.24, 2.45) is 5.92 Å². The zero-order valence-electron chi connectivity index (χ0n) is 15.7. The number of halogens is 2. The number of amides is 1. The minimum atomic E-state index is 0. The van der Waals surface area contributed by atoms with E-state index in [4.69, 9.17) is 9.47 Å². The molecule has 1 aromatic carbocycles. The number of ether oxygens (including phenoxy) is 2. The lowest BCUT2D eigenvalue weighted by Crippen LogP contribution is -2.38. The Morgan fingerprint density at radius 3 is 2.67 bits per heavy atom.